The molecule has 1 atom stereocenters. The Kier molecular flexibility index (Phi) is 7.04. The van der Waals surface area contributed by atoms with Crippen LogP contribution in [0.15, 0.2) is 58.1 Å². The van der Waals surface area contributed by atoms with Gasteiger partial charge in [0.2, 0.25) is 7.29 Å². The van der Waals surface area contributed by atoms with Crippen molar-refractivity contribution in [3.8, 4) is 5.75 Å². The van der Waals surface area contributed by atoms with Gasteiger partial charge in [-0.3, -0.25) is 9.36 Å². The lowest BCUT2D eigenvalue weighted by Gasteiger charge is -2.23. The predicted molar refractivity (Wildman–Crippen MR) is 123 cm³/mol. The second kappa shape index (κ2) is 9.10. The molecule has 29 heavy (non-hydrogen) atoms. The van der Waals surface area contributed by atoms with E-state index in [1.807, 2.05) is 33.8 Å². The van der Waals surface area contributed by atoms with E-state index < -0.39 is 12.9 Å². The Balaban J connectivity index is 0.000000707. The van der Waals surface area contributed by atoms with Crippen molar-refractivity contribution in [2.24, 2.45) is 11.8 Å². The highest BCUT2D eigenvalue weighted by Gasteiger charge is 2.30. The summed E-state index contributed by atoms with van der Waals surface area (Å²) in [6, 6.07) is 14.2. The minimum atomic E-state index is -3.05. The molecule has 2 aromatic carbocycles. The minimum absolute atomic E-state index is 0.0257. The topological polar surface area (TPSA) is 83.7 Å². The molecular formula is C22H28N3O3P. The molecule has 6 nitrogen and oxygen atoms in total. The second-order valence-corrected chi connectivity index (χ2v) is 8.51. The Bertz CT molecular complexity index is 1170. The molecule has 0 radical (unpaired) electrons. The normalized spacial score (nSPS) is 17.0. The van der Waals surface area contributed by atoms with Crippen molar-refractivity contribution >= 4 is 35.0 Å². The third-order valence-electron chi connectivity index (χ3n) is 4.41. The van der Waals surface area contributed by atoms with Crippen molar-refractivity contribution in [3.63, 3.8) is 0 Å². The summed E-state index contributed by atoms with van der Waals surface area (Å²) in [6.45, 7) is 9.55. The Morgan fingerprint density at radius 2 is 1.59 bits per heavy atom. The van der Waals surface area contributed by atoms with E-state index >= 15 is 0 Å². The van der Waals surface area contributed by atoms with E-state index in [1.165, 1.54) is 4.57 Å². The summed E-state index contributed by atoms with van der Waals surface area (Å²) < 4.78 is 18.7. The van der Waals surface area contributed by atoms with E-state index in [0.717, 1.165) is 0 Å². The van der Waals surface area contributed by atoms with Crippen LogP contribution < -0.4 is 16.2 Å². The molecule has 7 heteroatoms. The Morgan fingerprint density at radius 3 is 2.28 bits per heavy atom. The van der Waals surface area contributed by atoms with E-state index in [2.05, 4.69) is 10.1 Å². The monoisotopic (exact) mass is 413 g/mol. The van der Waals surface area contributed by atoms with Gasteiger partial charge >= 0.3 is 0 Å². The van der Waals surface area contributed by atoms with Crippen LogP contribution >= 0.6 is 7.29 Å². The number of aromatic nitrogens is 1. The van der Waals surface area contributed by atoms with Crippen molar-refractivity contribution in [2.75, 3.05) is 12.0 Å². The van der Waals surface area contributed by atoms with Gasteiger partial charge < -0.3 is 15.0 Å². The molecule has 4 rings (SSSR count). The maximum absolute atomic E-state index is 13.0. The van der Waals surface area contributed by atoms with Crippen LogP contribution in [0, 0.1) is 0 Å². The number of aromatic hydroxyl groups is 1. The van der Waals surface area contributed by atoms with Gasteiger partial charge in [-0.2, -0.15) is 0 Å². The maximum Gasteiger partial charge on any atom is 0.265 e. The number of aryl methyl sites for hydroxylation is 1. The molecule has 3 aromatic rings. The summed E-state index contributed by atoms with van der Waals surface area (Å²) in [5.74, 6) is -0.0299. The van der Waals surface area contributed by atoms with E-state index in [1.54, 1.807) is 56.2 Å². The first-order valence-electron chi connectivity index (χ1n) is 9.75. The third-order valence-corrected chi connectivity index (χ3v) is 6.27. The van der Waals surface area contributed by atoms with Crippen LogP contribution in [0.5, 0.6) is 5.75 Å². The smallest absolute Gasteiger partial charge is 0.265 e. The van der Waals surface area contributed by atoms with Crippen LogP contribution in [0.25, 0.3) is 10.9 Å². The van der Waals surface area contributed by atoms with Gasteiger partial charge in [0.05, 0.1) is 16.5 Å². The number of hydrogen-bond acceptors (Lipinski definition) is 4. The highest BCUT2D eigenvalue weighted by Crippen LogP contribution is 2.47. The Hall–Kier alpha value is -2.85. The van der Waals surface area contributed by atoms with Crippen LogP contribution in [0.2, 0.25) is 0 Å². The summed E-state index contributed by atoms with van der Waals surface area (Å²) in [5, 5.41) is 14.9. The number of nitrogens with one attached hydrogen (secondary N) is 1. The van der Waals surface area contributed by atoms with Crippen LogP contribution in [0.4, 0.5) is 5.69 Å². The number of anilines is 1. The molecule has 1 aliphatic rings. The van der Waals surface area contributed by atoms with E-state index in [4.69, 9.17) is 0 Å². The summed E-state index contributed by atoms with van der Waals surface area (Å²) in [7, 11) is -1.41. The number of hydrogen-bond donors (Lipinski definition) is 2. The zero-order chi connectivity index (χ0) is 21.8. The molecule has 1 unspecified atom stereocenters. The first kappa shape index (κ1) is 22.4. The van der Waals surface area contributed by atoms with E-state index in [0.29, 0.717) is 21.9 Å². The van der Waals surface area contributed by atoms with E-state index in [-0.39, 0.29) is 17.1 Å². The second-order valence-electron chi connectivity index (χ2n) is 6.07. The van der Waals surface area contributed by atoms with Crippen molar-refractivity contribution in [2.45, 2.75) is 27.7 Å². The van der Waals surface area contributed by atoms with Crippen LogP contribution in [-0.2, 0) is 11.6 Å². The average molecular weight is 413 g/mol. The fourth-order valence-corrected chi connectivity index (χ4v) is 4.72. The number of nitrogens with zero attached hydrogens (tertiary/aromatic N) is 2. The van der Waals surface area contributed by atoms with Crippen molar-refractivity contribution in [3.05, 3.63) is 64.4 Å². The minimum Gasteiger partial charge on any atom is -0.506 e. The number of fused-ring (bicyclic) bond motifs is 2. The van der Waals surface area contributed by atoms with Gasteiger partial charge in [-0.1, -0.05) is 52.0 Å². The molecule has 0 aliphatic carbocycles. The first-order valence-corrected chi connectivity index (χ1v) is 11.9. The summed E-state index contributed by atoms with van der Waals surface area (Å²) >= 11 is 0. The molecule has 0 amide bonds. The molecule has 1 aromatic heterocycles. The third kappa shape index (κ3) is 3.99. The number of amidine groups is 1. The lowest BCUT2D eigenvalue weighted by molar-refractivity contribution is 0.478. The first-order chi connectivity index (χ1) is 13.9. The molecular weight excluding hydrogens is 385 g/mol. The van der Waals surface area contributed by atoms with Gasteiger partial charge in [-0.05, 0) is 24.3 Å². The molecule has 2 heterocycles. The average Bonchev–Trinajstić information content (AvgIpc) is 2.75. The van der Waals surface area contributed by atoms with Crippen LogP contribution in [0.3, 0.4) is 0 Å². The molecule has 154 valence electrons. The Morgan fingerprint density at radius 1 is 1.00 bits per heavy atom. The van der Waals surface area contributed by atoms with Crippen LogP contribution in [0.1, 0.15) is 33.3 Å². The quantitative estimate of drug-likeness (QED) is 0.567. The highest BCUT2D eigenvalue weighted by molar-refractivity contribution is 7.70. The summed E-state index contributed by atoms with van der Waals surface area (Å²) in [4.78, 5) is 12.8. The zero-order valence-electron chi connectivity index (χ0n) is 17.7. The molecule has 0 spiro atoms. The molecule has 1 aliphatic heterocycles. The van der Waals surface area contributed by atoms with Gasteiger partial charge in [0.25, 0.3) is 5.56 Å². The molecule has 0 saturated carbocycles. The SMILES string of the molecule is CC.CC.Cn1c(=O)c(C2=NP(C)(=O)c3ccccc3N2)c(O)c2ccccc21. The Labute approximate surface area is 171 Å². The number of pyridine rings is 1. The summed E-state index contributed by atoms with van der Waals surface area (Å²) in [6.07, 6.45) is 0. The van der Waals surface area contributed by atoms with E-state index in [9.17, 15) is 14.5 Å². The molecule has 0 bridgehead atoms. The number of rotatable bonds is 1. The highest BCUT2D eigenvalue weighted by atomic mass is 31.2. The standard InChI is InChI=1S/C18H16N3O3P.2C2H6/c1-21-13-9-5-3-7-11(13)16(22)15(18(21)23)17-19-12-8-4-6-10-14(12)25(2,24)20-17;2*1-2/h3-10,22H,1-2H3,(H,19,20,24);2*1-2H3. The molecule has 0 fully saturated rings. The zero-order valence-corrected chi connectivity index (χ0v) is 18.6. The van der Waals surface area contributed by atoms with Gasteiger partial charge in [0.1, 0.15) is 17.1 Å². The largest absolute Gasteiger partial charge is 0.506 e. The van der Waals surface area contributed by atoms with Gasteiger partial charge in [-0.15, -0.1) is 0 Å². The molecule has 2 N–H and O–H groups in total. The fourth-order valence-electron chi connectivity index (χ4n) is 3.14. The maximum atomic E-state index is 13.0. The van der Waals surface area contributed by atoms with Crippen molar-refractivity contribution in [1.29, 1.82) is 0 Å². The lowest BCUT2D eigenvalue weighted by Crippen LogP contribution is -2.32. The fraction of sp³-hybridized carbons (Fsp3) is 0.273. The van der Waals surface area contributed by atoms with Crippen molar-refractivity contribution in [1.82, 2.24) is 4.57 Å². The lowest BCUT2D eigenvalue weighted by atomic mass is 10.1. The van der Waals surface area contributed by atoms with Crippen molar-refractivity contribution < 1.29 is 9.67 Å². The predicted octanol–water partition coefficient (Wildman–Crippen LogP) is 4.70. The van der Waals surface area contributed by atoms with Gasteiger partial charge in [-0.25, -0.2) is 4.76 Å². The summed E-state index contributed by atoms with van der Waals surface area (Å²) in [5.41, 5.74) is 0.873. The number of benzene rings is 2. The molecule has 0 saturated heterocycles. The number of para-hydroxylation sites is 2. The van der Waals surface area contributed by atoms with Crippen LogP contribution in [-0.4, -0.2) is 22.2 Å². The van der Waals surface area contributed by atoms with Gasteiger partial charge in [0.15, 0.2) is 0 Å². The van der Waals surface area contributed by atoms with Gasteiger partial charge in [0, 0.05) is 19.1 Å².